The fourth-order valence-corrected chi connectivity index (χ4v) is 6.20. The van der Waals surface area contributed by atoms with Crippen molar-refractivity contribution in [2.45, 2.75) is 219 Å². The lowest BCUT2D eigenvalue weighted by molar-refractivity contribution is -0.147. The summed E-state index contributed by atoms with van der Waals surface area (Å²) in [5.41, 5.74) is 0. The van der Waals surface area contributed by atoms with Gasteiger partial charge in [0.1, 0.15) is 12.6 Å². The van der Waals surface area contributed by atoms with Gasteiger partial charge in [-0.05, 0) is 83.1 Å². The molecular formula is C46H81NO5. The van der Waals surface area contributed by atoms with Crippen LogP contribution in [0.4, 0.5) is 0 Å². The highest BCUT2D eigenvalue weighted by molar-refractivity contribution is 5.80. The summed E-state index contributed by atoms with van der Waals surface area (Å²) in [6, 6.07) is 0. The molecule has 0 heterocycles. The number of ether oxygens (including phenoxy) is 1. The van der Waals surface area contributed by atoms with E-state index in [2.05, 4.69) is 67.8 Å². The Balaban J connectivity index is 4.01. The number of carboxylic acids is 1. The number of unbranched alkanes of at least 4 members (excludes halogenated alkanes) is 22. The fourth-order valence-electron chi connectivity index (χ4n) is 6.20. The van der Waals surface area contributed by atoms with E-state index in [-0.39, 0.29) is 24.5 Å². The van der Waals surface area contributed by atoms with Crippen LogP contribution in [0.3, 0.4) is 0 Å². The number of esters is 1. The summed E-state index contributed by atoms with van der Waals surface area (Å²) in [5, 5.41) is 11.1. The smallest absolute Gasteiger partial charge is 0.322 e. The number of carboxylic acid groups (broad SMARTS) is 1. The second-order valence-corrected chi connectivity index (χ2v) is 14.6. The number of carbonyl (C=O) groups excluding carboxylic acids is 2. The summed E-state index contributed by atoms with van der Waals surface area (Å²) in [6.07, 6.45) is 52.6. The van der Waals surface area contributed by atoms with E-state index in [4.69, 9.17) is 9.84 Å². The standard InChI is InChI=1S/C46H81NO5/c1-3-5-7-9-11-13-14-15-16-17-18-19-20-21-22-23-24-25-26-27-29-31-37-41-46(51)52-43(38-34-30-28-12-10-8-6-4-2)39-35-32-33-36-40-44(48)47-42-45(49)50/h14-15,17-18,20-21,34,38,43H,3-13,16,19,22-33,35-37,39-42H2,1-2H3,(H,47,48)(H,49,50)/b15-14-,18-17-,21-20-,38-34-. The average Bonchev–Trinajstić information content (AvgIpc) is 3.13. The second kappa shape index (κ2) is 41.1. The molecule has 0 radical (unpaired) electrons. The third-order valence-electron chi connectivity index (χ3n) is 9.46. The minimum absolute atomic E-state index is 0.0896. The number of allylic oxidation sites excluding steroid dienone is 7. The van der Waals surface area contributed by atoms with Gasteiger partial charge in [0.25, 0.3) is 0 Å². The quantitative estimate of drug-likeness (QED) is 0.0373. The Hall–Kier alpha value is -2.63. The van der Waals surface area contributed by atoms with Crippen LogP contribution in [0.5, 0.6) is 0 Å². The third-order valence-corrected chi connectivity index (χ3v) is 9.46. The monoisotopic (exact) mass is 728 g/mol. The van der Waals surface area contributed by atoms with Gasteiger partial charge in [-0.3, -0.25) is 14.4 Å². The van der Waals surface area contributed by atoms with Gasteiger partial charge in [-0.15, -0.1) is 0 Å². The SMILES string of the molecule is CCCCCCC/C=C\C/C=C\C/C=C\CCCCCCCCCCC(=O)OC(/C=C\CCCCCCCC)CCCCCCC(=O)NCC(=O)O. The predicted molar refractivity (Wildman–Crippen MR) is 222 cm³/mol. The van der Waals surface area contributed by atoms with Crippen LogP contribution in [0, 0.1) is 0 Å². The molecule has 0 saturated heterocycles. The van der Waals surface area contributed by atoms with E-state index in [1.54, 1.807) is 0 Å². The Morgan fingerprint density at radius 3 is 1.46 bits per heavy atom. The maximum absolute atomic E-state index is 12.7. The first-order valence-corrected chi connectivity index (χ1v) is 21.8. The van der Waals surface area contributed by atoms with Crippen molar-refractivity contribution in [2.75, 3.05) is 6.54 Å². The Labute approximate surface area is 320 Å². The molecule has 6 nitrogen and oxygen atoms in total. The van der Waals surface area contributed by atoms with E-state index >= 15 is 0 Å². The van der Waals surface area contributed by atoms with Gasteiger partial charge in [0, 0.05) is 12.8 Å². The van der Waals surface area contributed by atoms with Crippen molar-refractivity contribution in [3.63, 3.8) is 0 Å². The van der Waals surface area contributed by atoms with Crippen molar-refractivity contribution in [1.82, 2.24) is 5.32 Å². The third kappa shape index (κ3) is 40.1. The number of carbonyl (C=O) groups is 3. The van der Waals surface area contributed by atoms with Crippen LogP contribution in [-0.4, -0.2) is 35.6 Å². The van der Waals surface area contributed by atoms with Crippen molar-refractivity contribution in [3.05, 3.63) is 48.6 Å². The van der Waals surface area contributed by atoms with Crippen molar-refractivity contribution in [1.29, 1.82) is 0 Å². The van der Waals surface area contributed by atoms with Crippen LogP contribution in [0.25, 0.3) is 0 Å². The van der Waals surface area contributed by atoms with E-state index in [9.17, 15) is 14.4 Å². The van der Waals surface area contributed by atoms with Gasteiger partial charge in [0.15, 0.2) is 0 Å². The summed E-state index contributed by atoms with van der Waals surface area (Å²) in [4.78, 5) is 35.0. The summed E-state index contributed by atoms with van der Waals surface area (Å²) < 4.78 is 5.90. The fraction of sp³-hybridized carbons (Fsp3) is 0.761. The molecule has 1 atom stereocenters. The Morgan fingerprint density at radius 1 is 0.519 bits per heavy atom. The minimum atomic E-state index is -1.03. The Kier molecular flexibility index (Phi) is 39.1. The van der Waals surface area contributed by atoms with Crippen molar-refractivity contribution in [3.8, 4) is 0 Å². The maximum Gasteiger partial charge on any atom is 0.322 e. The van der Waals surface area contributed by atoms with Gasteiger partial charge in [-0.2, -0.15) is 0 Å². The first kappa shape index (κ1) is 49.4. The molecule has 6 heteroatoms. The van der Waals surface area contributed by atoms with Crippen molar-refractivity contribution < 1.29 is 24.2 Å². The molecule has 0 aliphatic rings. The number of hydrogen-bond donors (Lipinski definition) is 2. The number of hydrogen-bond acceptors (Lipinski definition) is 4. The van der Waals surface area contributed by atoms with Gasteiger partial charge in [0.2, 0.25) is 5.91 Å². The lowest BCUT2D eigenvalue weighted by Gasteiger charge is -2.15. The molecule has 0 rings (SSSR count). The highest BCUT2D eigenvalue weighted by Gasteiger charge is 2.12. The first-order chi connectivity index (χ1) is 25.5. The zero-order valence-corrected chi connectivity index (χ0v) is 33.9. The highest BCUT2D eigenvalue weighted by Crippen LogP contribution is 2.16. The van der Waals surface area contributed by atoms with Crippen LogP contribution in [0.15, 0.2) is 48.6 Å². The molecule has 300 valence electrons. The molecule has 0 aliphatic heterocycles. The van der Waals surface area contributed by atoms with Crippen LogP contribution >= 0.6 is 0 Å². The number of nitrogens with one attached hydrogen (secondary N) is 1. The summed E-state index contributed by atoms with van der Waals surface area (Å²) >= 11 is 0. The molecule has 0 aliphatic carbocycles. The number of rotatable bonds is 39. The van der Waals surface area contributed by atoms with E-state index in [1.165, 1.54) is 122 Å². The molecule has 52 heavy (non-hydrogen) atoms. The molecule has 0 aromatic carbocycles. The Bertz CT molecular complexity index is 937. The van der Waals surface area contributed by atoms with Crippen LogP contribution in [0.2, 0.25) is 0 Å². The lowest BCUT2D eigenvalue weighted by atomic mass is 10.1. The molecular weight excluding hydrogens is 647 g/mol. The second-order valence-electron chi connectivity index (χ2n) is 14.6. The van der Waals surface area contributed by atoms with Crippen molar-refractivity contribution >= 4 is 17.8 Å². The van der Waals surface area contributed by atoms with Gasteiger partial charge < -0.3 is 15.2 Å². The molecule has 1 unspecified atom stereocenters. The molecule has 0 bridgehead atoms. The van der Waals surface area contributed by atoms with Gasteiger partial charge >= 0.3 is 11.9 Å². The van der Waals surface area contributed by atoms with E-state index in [0.29, 0.717) is 12.8 Å². The van der Waals surface area contributed by atoms with Crippen LogP contribution in [-0.2, 0) is 19.1 Å². The molecule has 0 aromatic heterocycles. The van der Waals surface area contributed by atoms with Gasteiger partial charge in [-0.1, -0.05) is 166 Å². The van der Waals surface area contributed by atoms with E-state index in [0.717, 1.165) is 64.2 Å². The molecule has 0 fully saturated rings. The molecule has 1 amide bonds. The molecule has 0 aromatic rings. The zero-order valence-electron chi connectivity index (χ0n) is 33.9. The van der Waals surface area contributed by atoms with Gasteiger partial charge in [0.05, 0.1) is 0 Å². The summed E-state index contributed by atoms with van der Waals surface area (Å²) in [6.45, 7) is 4.18. The Morgan fingerprint density at radius 2 is 0.942 bits per heavy atom. The summed E-state index contributed by atoms with van der Waals surface area (Å²) in [7, 11) is 0. The van der Waals surface area contributed by atoms with Crippen LogP contribution < -0.4 is 5.32 Å². The maximum atomic E-state index is 12.7. The number of amides is 1. The molecule has 0 saturated carbocycles. The largest absolute Gasteiger partial charge is 0.480 e. The molecule has 0 spiro atoms. The zero-order chi connectivity index (χ0) is 38.0. The summed E-state index contributed by atoms with van der Waals surface area (Å²) in [5.74, 6) is -1.33. The van der Waals surface area contributed by atoms with Gasteiger partial charge in [-0.25, -0.2) is 0 Å². The van der Waals surface area contributed by atoms with E-state index in [1.807, 2.05) is 0 Å². The first-order valence-electron chi connectivity index (χ1n) is 21.8. The number of aliphatic carboxylic acids is 1. The average molecular weight is 728 g/mol. The van der Waals surface area contributed by atoms with Crippen LogP contribution in [0.1, 0.15) is 213 Å². The predicted octanol–water partition coefficient (Wildman–Crippen LogP) is 13.5. The lowest BCUT2D eigenvalue weighted by Crippen LogP contribution is -2.28. The minimum Gasteiger partial charge on any atom is -0.480 e. The van der Waals surface area contributed by atoms with E-state index < -0.39 is 5.97 Å². The molecule has 2 N–H and O–H groups in total. The van der Waals surface area contributed by atoms with Crippen molar-refractivity contribution in [2.24, 2.45) is 0 Å². The highest BCUT2D eigenvalue weighted by atomic mass is 16.5. The normalized spacial score (nSPS) is 12.5. The topological polar surface area (TPSA) is 92.7 Å².